The number of likely N-dealkylation sites (N-methyl/N-ethyl adjacent to an activating group) is 1. The van der Waals surface area contributed by atoms with Gasteiger partial charge in [-0.25, -0.2) is 4.79 Å². The molecule has 0 aromatic carbocycles. The molecule has 2 atom stereocenters. The van der Waals surface area contributed by atoms with Crippen LogP contribution in [0.5, 0.6) is 0 Å². The first kappa shape index (κ1) is 14.9. The molecule has 6 nitrogen and oxygen atoms in total. The van der Waals surface area contributed by atoms with Crippen LogP contribution in [0.15, 0.2) is 22.8 Å². The van der Waals surface area contributed by atoms with Crippen LogP contribution in [0.25, 0.3) is 0 Å². The molecule has 1 aliphatic heterocycles. The van der Waals surface area contributed by atoms with Gasteiger partial charge in [-0.3, -0.25) is 4.90 Å². The number of carbonyl (C=O) groups excluding carboxylic acids is 1. The number of carbonyl (C=O) groups is 1. The summed E-state index contributed by atoms with van der Waals surface area (Å²) in [7, 11) is 3.91. The van der Waals surface area contributed by atoms with Crippen LogP contribution in [-0.4, -0.2) is 50.8 Å². The van der Waals surface area contributed by atoms with Crippen molar-refractivity contribution in [2.45, 2.75) is 25.0 Å². The lowest BCUT2D eigenvalue weighted by atomic mass is 10.2. The van der Waals surface area contributed by atoms with Gasteiger partial charge in [0, 0.05) is 19.7 Å². The number of amides is 2. The fraction of sp³-hybridized carbons (Fsp3) is 0.643. The van der Waals surface area contributed by atoms with E-state index in [0.717, 1.165) is 25.2 Å². The van der Waals surface area contributed by atoms with E-state index in [-0.39, 0.29) is 18.2 Å². The fourth-order valence-electron chi connectivity index (χ4n) is 2.28. The van der Waals surface area contributed by atoms with Crippen molar-refractivity contribution in [1.82, 2.24) is 15.5 Å². The highest BCUT2D eigenvalue weighted by Gasteiger charge is 2.19. The van der Waals surface area contributed by atoms with E-state index in [0.29, 0.717) is 13.1 Å². The Bertz CT molecular complexity index is 400. The van der Waals surface area contributed by atoms with E-state index >= 15 is 0 Å². The minimum atomic E-state index is -0.168. The lowest BCUT2D eigenvalue weighted by molar-refractivity contribution is 0.111. The van der Waals surface area contributed by atoms with Crippen LogP contribution in [0.2, 0.25) is 0 Å². The van der Waals surface area contributed by atoms with E-state index < -0.39 is 0 Å². The number of nitrogens with one attached hydrogen (secondary N) is 2. The molecule has 6 heteroatoms. The van der Waals surface area contributed by atoms with Gasteiger partial charge in [-0.15, -0.1) is 0 Å². The van der Waals surface area contributed by atoms with Gasteiger partial charge >= 0.3 is 6.03 Å². The van der Waals surface area contributed by atoms with E-state index in [1.165, 1.54) is 0 Å². The Labute approximate surface area is 119 Å². The first-order valence-electron chi connectivity index (χ1n) is 7.00. The Balaban J connectivity index is 1.73. The van der Waals surface area contributed by atoms with Crippen LogP contribution in [0.4, 0.5) is 4.79 Å². The molecule has 1 saturated heterocycles. The van der Waals surface area contributed by atoms with Gasteiger partial charge < -0.3 is 19.8 Å². The molecule has 1 fully saturated rings. The number of furan rings is 1. The number of hydrogen-bond donors (Lipinski definition) is 2. The molecular weight excluding hydrogens is 258 g/mol. The molecule has 0 bridgehead atoms. The van der Waals surface area contributed by atoms with E-state index in [1.54, 1.807) is 6.26 Å². The molecule has 0 spiro atoms. The zero-order valence-electron chi connectivity index (χ0n) is 12.1. The summed E-state index contributed by atoms with van der Waals surface area (Å²) in [5.74, 6) is 0.842. The minimum Gasteiger partial charge on any atom is -0.468 e. The van der Waals surface area contributed by atoms with Crippen molar-refractivity contribution in [3.63, 3.8) is 0 Å². The lowest BCUT2D eigenvalue weighted by Crippen LogP contribution is -2.42. The number of urea groups is 1. The predicted octanol–water partition coefficient (Wildman–Crippen LogP) is 1.36. The van der Waals surface area contributed by atoms with Crippen molar-refractivity contribution in [1.29, 1.82) is 0 Å². The molecule has 2 heterocycles. The summed E-state index contributed by atoms with van der Waals surface area (Å²) in [5.41, 5.74) is 0. The second-order valence-corrected chi connectivity index (χ2v) is 5.22. The molecule has 0 unspecified atom stereocenters. The zero-order valence-corrected chi connectivity index (χ0v) is 12.1. The first-order valence-corrected chi connectivity index (χ1v) is 7.00. The average Bonchev–Trinajstić information content (AvgIpc) is 3.09. The summed E-state index contributed by atoms with van der Waals surface area (Å²) in [4.78, 5) is 13.8. The SMILES string of the molecule is CN(C)[C@H](CNC(=O)NC[C@@H]1CCCO1)c1ccco1. The molecule has 2 amide bonds. The van der Waals surface area contributed by atoms with Crippen molar-refractivity contribution in [3.05, 3.63) is 24.2 Å². The van der Waals surface area contributed by atoms with Crippen molar-refractivity contribution < 1.29 is 13.9 Å². The highest BCUT2D eigenvalue weighted by molar-refractivity contribution is 5.73. The summed E-state index contributed by atoms with van der Waals surface area (Å²) in [6, 6.07) is 3.62. The van der Waals surface area contributed by atoms with Crippen molar-refractivity contribution in [2.24, 2.45) is 0 Å². The Kier molecular flexibility index (Phi) is 5.43. The minimum absolute atomic E-state index is 0.0264. The summed E-state index contributed by atoms with van der Waals surface area (Å²) in [5, 5.41) is 5.71. The van der Waals surface area contributed by atoms with Crippen molar-refractivity contribution >= 4 is 6.03 Å². The monoisotopic (exact) mass is 281 g/mol. The quantitative estimate of drug-likeness (QED) is 0.826. The van der Waals surface area contributed by atoms with E-state index in [9.17, 15) is 4.79 Å². The predicted molar refractivity (Wildman–Crippen MR) is 75.5 cm³/mol. The molecule has 0 aliphatic carbocycles. The van der Waals surface area contributed by atoms with Gasteiger partial charge in [0.05, 0.1) is 18.4 Å². The first-order chi connectivity index (χ1) is 9.66. The number of hydrogen-bond acceptors (Lipinski definition) is 4. The second-order valence-electron chi connectivity index (χ2n) is 5.22. The van der Waals surface area contributed by atoms with Gasteiger partial charge in [0.15, 0.2) is 0 Å². The molecule has 0 radical (unpaired) electrons. The van der Waals surface area contributed by atoms with Gasteiger partial charge in [0.2, 0.25) is 0 Å². The molecule has 2 N–H and O–H groups in total. The molecule has 20 heavy (non-hydrogen) atoms. The Hall–Kier alpha value is -1.53. The average molecular weight is 281 g/mol. The molecule has 0 saturated carbocycles. The number of nitrogens with zero attached hydrogens (tertiary/aromatic N) is 1. The van der Waals surface area contributed by atoms with Crippen LogP contribution >= 0.6 is 0 Å². The fourth-order valence-corrected chi connectivity index (χ4v) is 2.28. The third-order valence-electron chi connectivity index (χ3n) is 3.47. The van der Waals surface area contributed by atoms with E-state index in [4.69, 9.17) is 9.15 Å². The summed E-state index contributed by atoms with van der Waals surface area (Å²) in [6.07, 6.45) is 3.90. The maximum atomic E-state index is 11.8. The second kappa shape index (κ2) is 7.31. The number of rotatable bonds is 6. The third kappa shape index (κ3) is 4.25. The Morgan fingerprint density at radius 1 is 1.50 bits per heavy atom. The smallest absolute Gasteiger partial charge is 0.314 e. The topological polar surface area (TPSA) is 66.7 Å². The van der Waals surface area contributed by atoms with E-state index in [2.05, 4.69) is 10.6 Å². The van der Waals surface area contributed by atoms with Gasteiger partial charge in [0.1, 0.15) is 5.76 Å². The highest BCUT2D eigenvalue weighted by atomic mass is 16.5. The summed E-state index contributed by atoms with van der Waals surface area (Å²) >= 11 is 0. The van der Waals surface area contributed by atoms with Crippen LogP contribution in [0.1, 0.15) is 24.6 Å². The summed E-state index contributed by atoms with van der Waals surface area (Å²) < 4.78 is 10.9. The Morgan fingerprint density at radius 3 is 2.95 bits per heavy atom. The van der Waals surface area contributed by atoms with Crippen LogP contribution in [-0.2, 0) is 4.74 Å². The molecule has 1 aromatic rings. The van der Waals surface area contributed by atoms with Gasteiger partial charge in [0.25, 0.3) is 0 Å². The standard InChI is InChI=1S/C14H23N3O3/c1-17(2)12(13-6-4-8-20-13)10-16-14(18)15-9-11-5-3-7-19-11/h4,6,8,11-12H,3,5,7,9-10H2,1-2H3,(H2,15,16,18)/t11-,12+/m0/s1. The summed E-state index contributed by atoms with van der Waals surface area (Å²) in [6.45, 7) is 1.87. The van der Waals surface area contributed by atoms with Gasteiger partial charge in [-0.2, -0.15) is 0 Å². The van der Waals surface area contributed by atoms with Crippen LogP contribution < -0.4 is 10.6 Å². The lowest BCUT2D eigenvalue weighted by Gasteiger charge is -2.22. The third-order valence-corrected chi connectivity index (χ3v) is 3.47. The maximum absolute atomic E-state index is 11.8. The van der Waals surface area contributed by atoms with Crippen molar-refractivity contribution in [3.8, 4) is 0 Å². The zero-order chi connectivity index (χ0) is 14.4. The van der Waals surface area contributed by atoms with Gasteiger partial charge in [-0.05, 0) is 39.1 Å². The van der Waals surface area contributed by atoms with Crippen molar-refractivity contribution in [2.75, 3.05) is 33.8 Å². The highest BCUT2D eigenvalue weighted by Crippen LogP contribution is 2.17. The largest absolute Gasteiger partial charge is 0.468 e. The van der Waals surface area contributed by atoms with E-state index in [1.807, 2.05) is 31.1 Å². The molecule has 1 aromatic heterocycles. The Morgan fingerprint density at radius 2 is 2.35 bits per heavy atom. The maximum Gasteiger partial charge on any atom is 0.314 e. The molecule has 112 valence electrons. The molecule has 1 aliphatic rings. The molecular formula is C14H23N3O3. The van der Waals surface area contributed by atoms with Gasteiger partial charge in [-0.1, -0.05) is 0 Å². The molecule has 2 rings (SSSR count). The van der Waals surface area contributed by atoms with Crippen LogP contribution in [0.3, 0.4) is 0 Å². The normalized spacial score (nSPS) is 20.1. The van der Waals surface area contributed by atoms with Crippen LogP contribution in [0, 0.1) is 0 Å². The number of ether oxygens (including phenoxy) is 1.